The number of hydrogen-bond acceptors (Lipinski definition) is 1. The second-order valence-electron chi connectivity index (χ2n) is 2.42. The second-order valence-corrected chi connectivity index (χ2v) is 2.86. The lowest BCUT2D eigenvalue weighted by atomic mass is 10.1. The summed E-state index contributed by atoms with van der Waals surface area (Å²) in [5.41, 5.74) is 5.41. The van der Waals surface area contributed by atoms with Gasteiger partial charge in [0, 0.05) is 5.02 Å². The van der Waals surface area contributed by atoms with Crippen molar-refractivity contribution < 1.29 is 9.18 Å². The first-order chi connectivity index (χ1) is 5.58. The van der Waals surface area contributed by atoms with Crippen LogP contribution in [0, 0.1) is 5.82 Å². The third kappa shape index (κ3) is 2.51. The third-order valence-electron chi connectivity index (χ3n) is 1.30. The van der Waals surface area contributed by atoms with E-state index in [9.17, 15) is 9.18 Å². The molecule has 1 aromatic carbocycles. The summed E-state index contributed by atoms with van der Waals surface area (Å²) in [7, 11) is 0. The largest absolute Gasteiger partial charge is 0.369 e. The Kier molecular flexibility index (Phi) is 2.65. The quantitative estimate of drug-likeness (QED) is 0.749. The van der Waals surface area contributed by atoms with Crippen LogP contribution in [0.25, 0.3) is 0 Å². The highest BCUT2D eigenvalue weighted by atomic mass is 35.5. The summed E-state index contributed by atoms with van der Waals surface area (Å²) in [6.07, 6.45) is 0.0114. The Morgan fingerprint density at radius 2 is 2.17 bits per heavy atom. The second kappa shape index (κ2) is 3.54. The Labute approximate surface area is 74.1 Å². The minimum absolute atomic E-state index is 0.0114. The number of carbonyl (C=O) groups excluding carboxylic acids is 1. The van der Waals surface area contributed by atoms with Gasteiger partial charge in [-0.05, 0) is 23.8 Å². The molecule has 1 amide bonds. The van der Waals surface area contributed by atoms with Crippen molar-refractivity contribution >= 4 is 17.5 Å². The Balaban J connectivity index is 2.93. The van der Waals surface area contributed by atoms with Crippen LogP contribution in [0.15, 0.2) is 18.2 Å². The van der Waals surface area contributed by atoms with E-state index in [1.54, 1.807) is 0 Å². The van der Waals surface area contributed by atoms with E-state index in [-0.39, 0.29) is 11.4 Å². The van der Waals surface area contributed by atoms with Gasteiger partial charge in [-0.1, -0.05) is 11.6 Å². The first-order valence-electron chi connectivity index (χ1n) is 3.31. The minimum atomic E-state index is -0.503. The number of rotatable bonds is 2. The fraction of sp³-hybridized carbons (Fsp3) is 0.125. The lowest BCUT2D eigenvalue weighted by Gasteiger charge is -1.98. The lowest BCUT2D eigenvalue weighted by molar-refractivity contribution is -0.117. The van der Waals surface area contributed by atoms with Gasteiger partial charge in [-0.15, -0.1) is 0 Å². The number of nitrogens with two attached hydrogens (primary N) is 1. The summed E-state index contributed by atoms with van der Waals surface area (Å²) >= 11 is 5.54. The van der Waals surface area contributed by atoms with Crippen molar-refractivity contribution in [1.82, 2.24) is 0 Å². The first kappa shape index (κ1) is 9.00. The molecule has 12 heavy (non-hydrogen) atoms. The smallest absolute Gasteiger partial charge is 0.221 e. The maximum atomic E-state index is 12.6. The molecule has 0 aliphatic carbocycles. The van der Waals surface area contributed by atoms with Crippen molar-refractivity contribution in [3.05, 3.63) is 34.6 Å². The van der Waals surface area contributed by atoms with Crippen molar-refractivity contribution in [2.24, 2.45) is 5.73 Å². The summed E-state index contributed by atoms with van der Waals surface area (Å²) in [6.45, 7) is 0. The predicted octanol–water partition coefficient (Wildman–Crippen LogP) is 1.51. The van der Waals surface area contributed by atoms with Crippen LogP contribution in [0.5, 0.6) is 0 Å². The van der Waals surface area contributed by atoms with Crippen molar-refractivity contribution in [2.45, 2.75) is 6.42 Å². The average molecular weight is 188 g/mol. The van der Waals surface area contributed by atoms with Crippen LogP contribution in [0.4, 0.5) is 4.39 Å². The molecule has 0 radical (unpaired) electrons. The molecule has 0 saturated carbocycles. The molecule has 0 unspecified atom stereocenters. The highest BCUT2D eigenvalue weighted by Crippen LogP contribution is 2.14. The van der Waals surface area contributed by atoms with Crippen LogP contribution in [0.1, 0.15) is 5.56 Å². The monoisotopic (exact) mass is 187 g/mol. The molecule has 0 aliphatic heterocycles. The minimum Gasteiger partial charge on any atom is -0.369 e. The van der Waals surface area contributed by atoms with E-state index in [2.05, 4.69) is 0 Å². The van der Waals surface area contributed by atoms with E-state index in [0.717, 1.165) is 0 Å². The maximum Gasteiger partial charge on any atom is 0.221 e. The van der Waals surface area contributed by atoms with E-state index in [1.165, 1.54) is 18.2 Å². The van der Waals surface area contributed by atoms with Gasteiger partial charge in [0.2, 0.25) is 5.91 Å². The Bertz CT molecular complexity index is 294. The molecule has 0 bridgehead atoms. The highest BCUT2D eigenvalue weighted by molar-refractivity contribution is 6.30. The summed E-state index contributed by atoms with van der Waals surface area (Å²) in [5.74, 6) is -0.963. The molecular formula is C8H7ClFNO. The molecule has 1 rings (SSSR count). The molecule has 4 heteroatoms. The van der Waals surface area contributed by atoms with Crippen LogP contribution in [-0.2, 0) is 11.2 Å². The molecule has 1 aromatic rings. The zero-order chi connectivity index (χ0) is 9.14. The Morgan fingerprint density at radius 1 is 1.50 bits per heavy atom. The van der Waals surface area contributed by atoms with E-state index in [4.69, 9.17) is 17.3 Å². The van der Waals surface area contributed by atoms with E-state index in [1.807, 2.05) is 0 Å². The van der Waals surface area contributed by atoms with E-state index < -0.39 is 11.7 Å². The van der Waals surface area contributed by atoms with Gasteiger partial charge in [-0.3, -0.25) is 4.79 Å². The third-order valence-corrected chi connectivity index (χ3v) is 1.52. The lowest BCUT2D eigenvalue weighted by Crippen LogP contribution is -2.13. The Hall–Kier alpha value is -1.09. The molecule has 0 fully saturated rings. The molecule has 0 aromatic heterocycles. The predicted molar refractivity (Wildman–Crippen MR) is 44.3 cm³/mol. The van der Waals surface area contributed by atoms with Crippen LogP contribution >= 0.6 is 11.6 Å². The number of primary amides is 1. The van der Waals surface area contributed by atoms with Crippen LogP contribution in [0.3, 0.4) is 0 Å². The number of carbonyl (C=O) groups is 1. The van der Waals surface area contributed by atoms with E-state index >= 15 is 0 Å². The zero-order valence-corrected chi connectivity index (χ0v) is 6.94. The van der Waals surface area contributed by atoms with Gasteiger partial charge < -0.3 is 5.73 Å². The maximum absolute atomic E-state index is 12.6. The topological polar surface area (TPSA) is 43.1 Å². The summed E-state index contributed by atoms with van der Waals surface area (Å²) in [5, 5.41) is 0.270. The number of benzene rings is 1. The van der Waals surface area contributed by atoms with Crippen molar-refractivity contribution in [3.63, 3.8) is 0 Å². The molecule has 2 nitrogen and oxygen atoms in total. The van der Waals surface area contributed by atoms with Gasteiger partial charge in [-0.25, -0.2) is 4.39 Å². The fourth-order valence-corrected chi connectivity index (χ4v) is 1.16. The summed E-state index contributed by atoms with van der Waals surface area (Å²) in [4.78, 5) is 10.4. The number of amides is 1. The molecule has 0 saturated heterocycles. The van der Waals surface area contributed by atoms with Crippen LogP contribution in [-0.4, -0.2) is 5.91 Å². The van der Waals surface area contributed by atoms with Gasteiger partial charge in [0.25, 0.3) is 0 Å². The van der Waals surface area contributed by atoms with Gasteiger partial charge in [0.05, 0.1) is 6.42 Å². The molecule has 0 atom stereocenters. The van der Waals surface area contributed by atoms with Crippen LogP contribution in [0.2, 0.25) is 5.02 Å². The van der Waals surface area contributed by atoms with Gasteiger partial charge >= 0.3 is 0 Å². The van der Waals surface area contributed by atoms with Gasteiger partial charge in [0.15, 0.2) is 0 Å². The fourth-order valence-electron chi connectivity index (χ4n) is 0.914. The van der Waals surface area contributed by atoms with Crippen molar-refractivity contribution in [3.8, 4) is 0 Å². The SMILES string of the molecule is NC(=O)Cc1cc(F)cc(Cl)c1. The molecule has 2 N–H and O–H groups in total. The average Bonchev–Trinajstić information content (AvgIpc) is 1.81. The zero-order valence-electron chi connectivity index (χ0n) is 6.18. The molecule has 0 spiro atoms. The standard InChI is InChI=1S/C8H7ClFNO/c9-6-1-5(3-8(11)12)2-7(10)4-6/h1-2,4H,3H2,(H2,11,12). The van der Waals surface area contributed by atoms with Crippen molar-refractivity contribution in [2.75, 3.05) is 0 Å². The van der Waals surface area contributed by atoms with E-state index in [0.29, 0.717) is 5.56 Å². The first-order valence-corrected chi connectivity index (χ1v) is 3.69. The van der Waals surface area contributed by atoms with Gasteiger partial charge in [-0.2, -0.15) is 0 Å². The molecule has 0 heterocycles. The van der Waals surface area contributed by atoms with Crippen molar-refractivity contribution in [1.29, 1.82) is 0 Å². The Morgan fingerprint density at radius 3 is 2.67 bits per heavy atom. The van der Waals surface area contributed by atoms with Gasteiger partial charge in [0.1, 0.15) is 5.82 Å². The molecular weight excluding hydrogens is 181 g/mol. The summed E-state index contributed by atoms with van der Waals surface area (Å²) in [6, 6.07) is 3.91. The molecule has 0 aliphatic rings. The molecule has 64 valence electrons. The highest BCUT2D eigenvalue weighted by Gasteiger charge is 2.01. The normalized spacial score (nSPS) is 9.83. The summed E-state index contributed by atoms with van der Waals surface area (Å²) < 4.78 is 12.6. The van der Waals surface area contributed by atoms with Crippen LogP contribution < -0.4 is 5.73 Å². The number of hydrogen-bond donors (Lipinski definition) is 1. The number of halogens is 2.